The third kappa shape index (κ3) is 3.25. The number of carbonyl (C=O) groups is 1. The minimum absolute atomic E-state index is 0. The fraction of sp³-hybridized carbons (Fsp3) is 0.526. The van der Waals surface area contributed by atoms with Crippen LogP contribution in [0.2, 0.25) is 0 Å². The lowest BCUT2D eigenvalue weighted by molar-refractivity contribution is 0.0686. The molecule has 2 aliphatic rings. The number of aryl methyl sites for hydroxylation is 1. The quantitative estimate of drug-likeness (QED) is 0.875. The summed E-state index contributed by atoms with van der Waals surface area (Å²) >= 11 is 1.60. The molecule has 2 aromatic rings. The number of piperidine rings is 1. The van der Waals surface area contributed by atoms with Gasteiger partial charge in [-0.15, -0.1) is 23.7 Å². The highest BCUT2D eigenvalue weighted by molar-refractivity contribution is 7.21. The number of rotatable bonds is 3. The van der Waals surface area contributed by atoms with Gasteiger partial charge >= 0.3 is 0 Å². The summed E-state index contributed by atoms with van der Waals surface area (Å²) in [4.78, 5) is 16.0. The highest BCUT2D eigenvalue weighted by Crippen LogP contribution is 2.35. The Labute approximate surface area is 158 Å². The molecule has 2 aliphatic heterocycles. The summed E-state index contributed by atoms with van der Waals surface area (Å²) in [5.41, 5.74) is 1.07. The lowest BCUT2D eigenvalue weighted by atomic mass is 9.98. The van der Waals surface area contributed by atoms with Crippen molar-refractivity contribution in [2.24, 2.45) is 0 Å². The number of hydrogen-bond acceptors (Lipinski definition) is 4. The molecule has 136 valence electrons. The number of hydrogen-bond donors (Lipinski definition) is 1. The molecule has 0 radical (unpaired) electrons. The lowest BCUT2D eigenvalue weighted by Crippen LogP contribution is -2.48. The Morgan fingerprint density at radius 3 is 2.60 bits per heavy atom. The molecular formula is C19H25ClN2O2S. The topological polar surface area (TPSA) is 41.6 Å². The number of halogens is 1. The first-order valence-electron chi connectivity index (χ1n) is 8.67. The number of ether oxygens (including phenoxy) is 1. The van der Waals surface area contributed by atoms with Crippen molar-refractivity contribution in [1.29, 1.82) is 0 Å². The predicted molar refractivity (Wildman–Crippen MR) is 105 cm³/mol. The van der Waals surface area contributed by atoms with Crippen LogP contribution in [0.5, 0.6) is 5.75 Å². The van der Waals surface area contributed by atoms with E-state index in [1.165, 1.54) is 12.8 Å². The van der Waals surface area contributed by atoms with Crippen LogP contribution in [0.3, 0.4) is 0 Å². The molecule has 3 heterocycles. The number of carbonyl (C=O) groups excluding carboxylic acids is 1. The Morgan fingerprint density at radius 1 is 1.28 bits per heavy atom. The highest BCUT2D eigenvalue weighted by atomic mass is 35.5. The average molecular weight is 381 g/mol. The van der Waals surface area contributed by atoms with Crippen molar-refractivity contribution < 1.29 is 9.53 Å². The van der Waals surface area contributed by atoms with Gasteiger partial charge in [-0.3, -0.25) is 4.79 Å². The second-order valence-corrected chi connectivity index (χ2v) is 8.15. The summed E-state index contributed by atoms with van der Waals surface area (Å²) in [6.07, 6.45) is 4.67. The number of nitrogens with zero attached hydrogens (tertiary/aromatic N) is 1. The summed E-state index contributed by atoms with van der Waals surface area (Å²) in [6, 6.07) is 7.58. The van der Waals surface area contributed by atoms with E-state index < -0.39 is 0 Å². The van der Waals surface area contributed by atoms with Crippen molar-refractivity contribution in [3.05, 3.63) is 28.6 Å². The monoisotopic (exact) mass is 380 g/mol. The van der Waals surface area contributed by atoms with Crippen molar-refractivity contribution in [2.75, 3.05) is 14.2 Å². The zero-order valence-electron chi connectivity index (χ0n) is 14.9. The predicted octanol–water partition coefficient (Wildman–Crippen LogP) is 4.00. The molecule has 1 aromatic carbocycles. The number of thiophene rings is 1. The van der Waals surface area contributed by atoms with E-state index in [4.69, 9.17) is 4.74 Å². The summed E-state index contributed by atoms with van der Waals surface area (Å²) < 4.78 is 6.47. The van der Waals surface area contributed by atoms with Gasteiger partial charge in [-0.25, -0.2) is 0 Å². The van der Waals surface area contributed by atoms with Crippen LogP contribution in [0.15, 0.2) is 18.2 Å². The molecule has 2 unspecified atom stereocenters. The molecule has 4 nitrogen and oxygen atoms in total. The fourth-order valence-corrected chi connectivity index (χ4v) is 5.37. The van der Waals surface area contributed by atoms with Crippen LogP contribution >= 0.6 is 23.7 Å². The molecule has 1 aromatic heterocycles. The molecule has 2 fully saturated rings. The summed E-state index contributed by atoms with van der Waals surface area (Å²) in [7, 11) is 3.65. The molecule has 0 spiro atoms. The number of fused-ring (bicyclic) bond motifs is 3. The second-order valence-electron chi connectivity index (χ2n) is 7.10. The van der Waals surface area contributed by atoms with E-state index in [9.17, 15) is 4.79 Å². The van der Waals surface area contributed by atoms with Crippen molar-refractivity contribution in [1.82, 2.24) is 10.2 Å². The maximum absolute atomic E-state index is 13.1. The number of amides is 1. The minimum atomic E-state index is 0. The van der Waals surface area contributed by atoms with Crippen LogP contribution in [0.4, 0.5) is 0 Å². The van der Waals surface area contributed by atoms with Gasteiger partial charge in [0.05, 0.1) is 12.0 Å². The Kier molecular flexibility index (Phi) is 5.28. The van der Waals surface area contributed by atoms with E-state index in [-0.39, 0.29) is 18.3 Å². The van der Waals surface area contributed by atoms with Gasteiger partial charge in [-0.05, 0) is 61.8 Å². The zero-order valence-corrected chi connectivity index (χ0v) is 16.5. The van der Waals surface area contributed by atoms with E-state index in [0.717, 1.165) is 39.1 Å². The smallest absolute Gasteiger partial charge is 0.264 e. The third-order valence-corrected chi connectivity index (χ3v) is 6.91. The second kappa shape index (κ2) is 7.14. The lowest BCUT2D eigenvalue weighted by Gasteiger charge is -2.35. The fourth-order valence-electron chi connectivity index (χ4n) is 4.20. The van der Waals surface area contributed by atoms with E-state index in [0.29, 0.717) is 18.1 Å². The van der Waals surface area contributed by atoms with Gasteiger partial charge in [-0.2, -0.15) is 0 Å². The van der Waals surface area contributed by atoms with Gasteiger partial charge in [0.1, 0.15) is 5.75 Å². The van der Waals surface area contributed by atoms with Gasteiger partial charge in [0.2, 0.25) is 0 Å². The summed E-state index contributed by atoms with van der Waals surface area (Å²) in [5.74, 6) is 1.00. The van der Waals surface area contributed by atoms with Crippen LogP contribution in [0, 0.1) is 6.92 Å². The standard InChI is InChI=1S/C19H24N2O2S.ClH/c1-11-16-10-15(23-3)6-7-17(16)24-18(11)19(22)21(2)14-8-12-4-5-13(9-14)20-12;/h6-7,10,12-14,20H,4-5,8-9H2,1-3H3;1H. The van der Waals surface area contributed by atoms with Gasteiger partial charge in [-0.1, -0.05) is 0 Å². The van der Waals surface area contributed by atoms with E-state index >= 15 is 0 Å². The normalized spacial score (nSPS) is 24.8. The van der Waals surface area contributed by atoms with E-state index in [1.54, 1.807) is 18.4 Å². The zero-order chi connectivity index (χ0) is 16.8. The van der Waals surface area contributed by atoms with Gasteiger partial charge in [0, 0.05) is 29.9 Å². The van der Waals surface area contributed by atoms with Gasteiger partial charge < -0.3 is 15.0 Å². The molecule has 1 amide bonds. The number of methoxy groups -OCH3 is 1. The van der Waals surface area contributed by atoms with Crippen LogP contribution in [-0.4, -0.2) is 43.1 Å². The molecule has 2 bridgehead atoms. The van der Waals surface area contributed by atoms with E-state index in [2.05, 4.69) is 5.32 Å². The van der Waals surface area contributed by atoms with Crippen LogP contribution in [0.1, 0.15) is 40.9 Å². The molecule has 2 saturated heterocycles. The number of nitrogens with one attached hydrogen (secondary N) is 1. The first-order chi connectivity index (χ1) is 11.6. The molecule has 4 rings (SSSR count). The molecular weight excluding hydrogens is 356 g/mol. The van der Waals surface area contributed by atoms with Crippen molar-refractivity contribution >= 4 is 39.7 Å². The van der Waals surface area contributed by atoms with Crippen LogP contribution < -0.4 is 10.1 Å². The molecule has 6 heteroatoms. The Morgan fingerprint density at radius 2 is 1.96 bits per heavy atom. The van der Waals surface area contributed by atoms with E-state index in [1.807, 2.05) is 37.1 Å². The minimum Gasteiger partial charge on any atom is -0.497 e. The SMILES string of the molecule is COc1ccc2sc(C(=O)N(C)C3CC4CCC(C3)N4)c(C)c2c1.Cl. The maximum atomic E-state index is 13.1. The summed E-state index contributed by atoms with van der Waals surface area (Å²) in [5, 5.41) is 4.78. The Balaban J connectivity index is 0.00000182. The van der Waals surface area contributed by atoms with Crippen LogP contribution in [-0.2, 0) is 0 Å². The Hall–Kier alpha value is -1.30. The van der Waals surface area contributed by atoms with Crippen molar-refractivity contribution in [3.63, 3.8) is 0 Å². The van der Waals surface area contributed by atoms with Crippen LogP contribution in [0.25, 0.3) is 10.1 Å². The first-order valence-corrected chi connectivity index (χ1v) is 9.49. The van der Waals surface area contributed by atoms with Gasteiger partial charge in [0.15, 0.2) is 0 Å². The van der Waals surface area contributed by atoms with Crippen molar-refractivity contribution in [2.45, 2.75) is 50.7 Å². The Bertz CT molecular complexity index is 779. The first kappa shape index (κ1) is 18.5. The number of benzene rings is 1. The largest absolute Gasteiger partial charge is 0.497 e. The molecule has 25 heavy (non-hydrogen) atoms. The molecule has 0 saturated carbocycles. The maximum Gasteiger partial charge on any atom is 0.264 e. The molecule has 0 aliphatic carbocycles. The summed E-state index contributed by atoms with van der Waals surface area (Å²) in [6.45, 7) is 2.05. The highest BCUT2D eigenvalue weighted by Gasteiger charge is 2.37. The third-order valence-electron chi connectivity index (χ3n) is 5.65. The molecule has 1 N–H and O–H groups in total. The van der Waals surface area contributed by atoms with Crippen molar-refractivity contribution in [3.8, 4) is 5.75 Å². The average Bonchev–Trinajstić information content (AvgIpc) is 3.12. The van der Waals surface area contributed by atoms with Gasteiger partial charge in [0.25, 0.3) is 5.91 Å². The molecule has 2 atom stereocenters.